The van der Waals surface area contributed by atoms with Crippen LogP contribution in [0.3, 0.4) is 0 Å². The van der Waals surface area contributed by atoms with Gasteiger partial charge in [0.2, 0.25) is 15.9 Å². The summed E-state index contributed by atoms with van der Waals surface area (Å²) in [5.41, 5.74) is 0.665. The molecule has 27 heavy (non-hydrogen) atoms. The Morgan fingerprint density at radius 2 is 1.85 bits per heavy atom. The number of nitrogens with zero attached hydrogens (tertiary/aromatic N) is 1. The fourth-order valence-corrected chi connectivity index (χ4v) is 4.23. The largest absolute Gasteiger partial charge is 0.495 e. The lowest BCUT2D eigenvalue weighted by atomic mass is 10.1. The van der Waals surface area contributed by atoms with E-state index in [2.05, 4.69) is 5.32 Å². The van der Waals surface area contributed by atoms with Crippen molar-refractivity contribution in [3.63, 3.8) is 0 Å². The van der Waals surface area contributed by atoms with Crippen LogP contribution < -0.4 is 14.4 Å². The van der Waals surface area contributed by atoms with Gasteiger partial charge in [0.1, 0.15) is 11.8 Å². The number of nitrogens with one attached hydrogen (secondary N) is 1. The molecule has 0 heterocycles. The van der Waals surface area contributed by atoms with Crippen LogP contribution in [0.2, 0.25) is 10.0 Å². The minimum Gasteiger partial charge on any atom is -0.495 e. The van der Waals surface area contributed by atoms with Crippen LogP contribution in [0.25, 0.3) is 0 Å². The average molecular weight is 431 g/mol. The van der Waals surface area contributed by atoms with Gasteiger partial charge in [-0.1, -0.05) is 36.2 Å². The molecule has 9 heteroatoms. The minimum absolute atomic E-state index is 0.195. The van der Waals surface area contributed by atoms with Crippen LogP contribution in [0.15, 0.2) is 42.5 Å². The smallest absolute Gasteiger partial charge is 0.248 e. The molecule has 2 aromatic rings. The van der Waals surface area contributed by atoms with Crippen LogP contribution in [0, 0.1) is 0 Å². The van der Waals surface area contributed by atoms with E-state index in [0.717, 1.165) is 10.6 Å². The molecular formula is C18H20Cl2N2O4S. The molecule has 0 spiro atoms. The molecule has 0 saturated heterocycles. The number of hydrogen-bond acceptors (Lipinski definition) is 4. The van der Waals surface area contributed by atoms with Crippen molar-refractivity contribution < 1.29 is 17.9 Å². The predicted molar refractivity (Wildman–Crippen MR) is 109 cm³/mol. The van der Waals surface area contributed by atoms with E-state index >= 15 is 0 Å². The van der Waals surface area contributed by atoms with E-state index < -0.39 is 22.0 Å². The number of carbonyl (C=O) groups excluding carboxylic acids is 1. The summed E-state index contributed by atoms with van der Waals surface area (Å²) in [6, 6.07) is 10.2. The Kier molecular flexibility index (Phi) is 6.97. The number of halogens is 2. The van der Waals surface area contributed by atoms with Crippen LogP contribution in [0.1, 0.15) is 13.3 Å². The van der Waals surface area contributed by atoms with Gasteiger partial charge in [-0.05, 0) is 42.8 Å². The molecule has 1 amide bonds. The molecule has 0 fully saturated rings. The number of anilines is 2. The van der Waals surface area contributed by atoms with Gasteiger partial charge in [-0.25, -0.2) is 8.42 Å². The first-order chi connectivity index (χ1) is 12.7. The molecule has 146 valence electrons. The van der Waals surface area contributed by atoms with Crippen LogP contribution >= 0.6 is 23.2 Å². The Bertz CT molecular complexity index is 935. The SMILES string of the molecule is CC[C@@H](C(=O)Nc1cccc(Cl)c1)N(c1cc(Cl)ccc1OC)S(C)(=O)=O. The third-order valence-electron chi connectivity index (χ3n) is 3.80. The van der Waals surface area contributed by atoms with E-state index in [9.17, 15) is 13.2 Å². The molecule has 6 nitrogen and oxygen atoms in total. The number of benzene rings is 2. The van der Waals surface area contributed by atoms with Crippen molar-refractivity contribution in [2.24, 2.45) is 0 Å². The highest BCUT2D eigenvalue weighted by Gasteiger charge is 2.33. The topological polar surface area (TPSA) is 75.7 Å². The van der Waals surface area contributed by atoms with Gasteiger partial charge in [-0.3, -0.25) is 9.10 Å². The van der Waals surface area contributed by atoms with Crippen LogP contribution in [-0.4, -0.2) is 33.7 Å². The first-order valence-corrected chi connectivity index (χ1v) is 10.7. The highest BCUT2D eigenvalue weighted by molar-refractivity contribution is 7.92. The van der Waals surface area contributed by atoms with E-state index in [4.69, 9.17) is 27.9 Å². The van der Waals surface area contributed by atoms with Crippen LogP contribution in [0.4, 0.5) is 11.4 Å². The number of rotatable bonds is 7. The molecule has 0 radical (unpaired) electrons. The second kappa shape index (κ2) is 8.82. The zero-order valence-corrected chi connectivity index (χ0v) is 17.4. The van der Waals surface area contributed by atoms with Gasteiger partial charge in [-0.15, -0.1) is 0 Å². The molecular weight excluding hydrogens is 411 g/mol. The van der Waals surface area contributed by atoms with E-state index in [1.807, 2.05) is 0 Å². The third kappa shape index (κ3) is 5.28. The molecule has 0 aromatic heterocycles. The third-order valence-corrected chi connectivity index (χ3v) is 5.44. The minimum atomic E-state index is -3.82. The Hall–Kier alpha value is -1.96. The lowest BCUT2D eigenvalue weighted by Crippen LogP contribution is -2.47. The van der Waals surface area contributed by atoms with E-state index in [-0.39, 0.29) is 12.1 Å². The number of methoxy groups -OCH3 is 1. The van der Waals surface area contributed by atoms with Crippen LogP contribution in [0.5, 0.6) is 5.75 Å². The molecule has 2 aromatic carbocycles. The Labute approximate surface area is 169 Å². The Morgan fingerprint density at radius 3 is 2.41 bits per heavy atom. The standard InChI is InChI=1S/C18H20Cl2N2O4S/c1-4-15(18(23)21-14-7-5-6-12(19)10-14)22(27(3,24)25)16-11-13(20)8-9-17(16)26-2/h5-11,15H,4H2,1-3H3,(H,21,23)/t15-/m0/s1. The zero-order chi connectivity index (χ0) is 20.2. The van der Waals surface area contributed by atoms with Gasteiger partial charge in [0.15, 0.2) is 0 Å². The lowest BCUT2D eigenvalue weighted by Gasteiger charge is -2.31. The monoisotopic (exact) mass is 430 g/mol. The lowest BCUT2D eigenvalue weighted by molar-refractivity contribution is -0.117. The maximum Gasteiger partial charge on any atom is 0.248 e. The summed E-state index contributed by atoms with van der Waals surface area (Å²) in [7, 11) is -2.40. The number of amides is 1. The maximum absolute atomic E-state index is 12.9. The molecule has 0 aliphatic heterocycles. The molecule has 1 atom stereocenters. The maximum atomic E-state index is 12.9. The normalized spacial score (nSPS) is 12.3. The first-order valence-electron chi connectivity index (χ1n) is 8.06. The quantitative estimate of drug-likeness (QED) is 0.714. The summed E-state index contributed by atoms with van der Waals surface area (Å²) in [5, 5.41) is 3.48. The second-order valence-corrected chi connectivity index (χ2v) is 8.53. The van der Waals surface area contributed by atoms with Crippen molar-refractivity contribution in [3.8, 4) is 5.75 Å². The molecule has 2 rings (SSSR count). The molecule has 0 unspecified atom stereocenters. The van der Waals surface area contributed by atoms with Gasteiger partial charge < -0.3 is 10.1 Å². The van der Waals surface area contributed by atoms with Gasteiger partial charge in [-0.2, -0.15) is 0 Å². The van der Waals surface area contributed by atoms with Crippen molar-refractivity contribution in [1.82, 2.24) is 0 Å². The number of hydrogen-bond donors (Lipinski definition) is 1. The molecule has 0 saturated carbocycles. The van der Waals surface area contributed by atoms with Crippen molar-refractivity contribution in [3.05, 3.63) is 52.5 Å². The summed E-state index contributed by atoms with van der Waals surface area (Å²) in [5.74, 6) is -0.203. The van der Waals surface area contributed by atoms with Crippen molar-refractivity contribution in [2.75, 3.05) is 23.0 Å². The highest BCUT2D eigenvalue weighted by atomic mass is 35.5. The van der Waals surface area contributed by atoms with Crippen molar-refractivity contribution in [1.29, 1.82) is 0 Å². The Balaban J connectivity index is 2.48. The van der Waals surface area contributed by atoms with Crippen molar-refractivity contribution >= 4 is 50.5 Å². The van der Waals surface area contributed by atoms with Gasteiger partial charge >= 0.3 is 0 Å². The predicted octanol–water partition coefficient (Wildman–Crippen LogP) is 4.19. The summed E-state index contributed by atoms with van der Waals surface area (Å²) in [4.78, 5) is 12.9. The number of sulfonamides is 1. The van der Waals surface area contributed by atoms with Gasteiger partial charge in [0.25, 0.3) is 0 Å². The van der Waals surface area contributed by atoms with Gasteiger partial charge in [0, 0.05) is 15.7 Å². The number of ether oxygens (including phenoxy) is 1. The fourth-order valence-electron chi connectivity index (χ4n) is 2.66. The summed E-state index contributed by atoms with van der Waals surface area (Å²) < 4.78 is 31.4. The number of carbonyl (C=O) groups is 1. The van der Waals surface area contributed by atoms with E-state index in [1.165, 1.54) is 13.2 Å². The van der Waals surface area contributed by atoms with E-state index in [0.29, 0.717) is 21.5 Å². The zero-order valence-electron chi connectivity index (χ0n) is 15.1. The summed E-state index contributed by atoms with van der Waals surface area (Å²) in [6.07, 6.45) is 1.26. The summed E-state index contributed by atoms with van der Waals surface area (Å²) in [6.45, 7) is 1.72. The van der Waals surface area contributed by atoms with Crippen molar-refractivity contribution in [2.45, 2.75) is 19.4 Å². The molecule has 0 aliphatic rings. The first kappa shape index (κ1) is 21.3. The molecule has 0 aliphatic carbocycles. The van der Waals surface area contributed by atoms with Crippen LogP contribution in [-0.2, 0) is 14.8 Å². The highest BCUT2D eigenvalue weighted by Crippen LogP contribution is 2.35. The fraction of sp³-hybridized carbons (Fsp3) is 0.278. The average Bonchev–Trinajstić information content (AvgIpc) is 2.58. The molecule has 0 bridgehead atoms. The Morgan fingerprint density at radius 1 is 1.19 bits per heavy atom. The van der Waals surface area contributed by atoms with Gasteiger partial charge in [0.05, 0.1) is 19.1 Å². The van der Waals surface area contributed by atoms with E-state index in [1.54, 1.807) is 43.3 Å². The summed E-state index contributed by atoms with van der Waals surface area (Å²) >= 11 is 12.0. The second-order valence-electron chi connectivity index (χ2n) is 5.80. The molecule has 1 N–H and O–H groups in total.